The Bertz CT molecular complexity index is 1700. The SMILES string of the molecule is C=CC(=O)Nc1cc(Nc2ncc(C#N)c(-c3cn4c5c(cccc35)CCC4)n2)c(C)cc1N(C)CCN(C)C(C)C. The number of nitrogens with zero attached hydrogens (tertiary/aromatic N) is 6. The maximum Gasteiger partial charge on any atom is 0.247 e. The normalized spacial score (nSPS) is 12.4. The van der Waals surface area contributed by atoms with Crippen LogP contribution in [0.3, 0.4) is 0 Å². The summed E-state index contributed by atoms with van der Waals surface area (Å²) in [7, 11) is 4.13. The van der Waals surface area contributed by atoms with E-state index >= 15 is 0 Å². The molecule has 9 nitrogen and oxygen atoms in total. The molecule has 5 rings (SSSR count). The van der Waals surface area contributed by atoms with E-state index in [0.717, 1.165) is 60.4 Å². The quantitative estimate of drug-likeness (QED) is 0.233. The topological polar surface area (TPSA) is 102 Å². The van der Waals surface area contributed by atoms with Crippen molar-refractivity contribution in [2.24, 2.45) is 0 Å². The lowest BCUT2D eigenvalue weighted by Gasteiger charge is -2.28. The molecule has 0 unspecified atom stereocenters. The molecule has 2 aromatic carbocycles. The molecule has 0 bridgehead atoms. The first-order chi connectivity index (χ1) is 20.2. The van der Waals surface area contributed by atoms with E-state index in [4.69, 9.17) is 4.98 Å². The van der Waals surface area contributed by atoms with Crippen molar-refractivity contribution in [1.29, 1.82) is 5.26 Å². The van der Waals surface area contributed by atoms with Crippen molar-refractivity contribution in [2.75, 3.05) is 42.7 Å². The van der Waals surface area contributed by atoms with Gasteiger partial charge in [0.05, 0.1) is 34.3 Å². The molecule has 0 atom stereocenters. The summed E-state index contributed by atoms with van der Waals surface area (Å²) >= 11 is 0. The van der Waals surface area contributed by atoms with Crippen molar-refractivity contribution in [3.8, 4) is 17.3 Å². The van der Waals surface area contributed by atoms with Crippen molar-refractivity contribution < 1.29 is 4.79 Å². The van der Waals surface area contributed by atoms with Gasteiger partial charge in [0.25, 0.3) is 0 Å². The molecule has 0 radical (unpaired) electrons. The molecule has 3 heterocycles. The fraction of sp³-hybridized carbons (Fsp3) is 0.333. The third kappa shape index (κ3) is 5.71. The van der Waals surface area contributed by atoms with Gasteiger partial charge in [0.1, 0.15) is 6.07 Å². The molecular formula is C33H38N8O. The summed E-state index contributed by atoms with van der Waals surface area (Å²) in [6.45, 7) is 12.6. The molecule has 0 saturated heterocycles. The number of likely N-dealkylation sites (N-methyl/N-ethyl adjacent to an activating group) is 2. The summed E-state index contributed by atoms with van der Waals surface area (Å²) < 4.78 is 2.27. The third-order valence-electron chi connectivity index (χ3n) is 8.10. The van der Waals surface area contributed by atoms with Crippen molar-refractivity contribution in [2.45, 2.75) is 46.2 Å². The molecule has 2 N–H and O–H groups in total. The average molecular weight is 563 g/mol. The Hall–Kier alpha value is -4.68. The molecule has 1 amide bonds. The Morgan fingerprint density at radius 1 is 1.24 bits per heavy atom. The lowest BCUT2D eigenvalue weighted by Crippen LogP contribution is -2.35. The maximum absolute atomic E-state index is 12.4. The van der Waals surface area contributed by atoms with Crippen LogP contribution in [0.5, 0.6) is 0 Å². The first-order valence-electron chi connectivity index (χ1n) is 14.3. The van der Waals surface area contributed by atoms with Crippen molar-refractivity contribution >= 4 is 39.8 Å². The van der Waals surface area contributed by atoms with Gasteiger partial charge >= 0.3 is 0 Å². The highest BCUT2D eigenvalue weighted by molar-refractivity contribution is 6.02. The van der Waals surface area contributed by atoms with E-state index in [-0.39, 0.29) is 5.91 Å². The number of hydrogen-bond donors (Lipinski definition) is 2. The van der Waals surface area contributed by atoms with E-state index < -0.39 is 0 Å². The second-order valence-corrected chi connectivity index (χ2v) is 11.2. The van der Waals surface area contributed by atoms with Crippen molar-refractivity contribution in [3.63, 3.8) is 0 Å². The lowest BCUT2D eigenvalue weighted by molar-refractivity contribution is -0.111. The van der Waals surface area contributed by atoms with Gasteiger partial charge in [-0.1, -0.05) is 24.8 Å². The summed E-state index contributed by atoms with van der Waals surface area (Å²) in [5.74, 6) is 0.0865. The molecule has 0 fully saturated rings. The zero-order chi connectivity index (χ0) is 30.0. The summed E-state index contributed by atoms with van der Waals surface area (Å²) in [6.07, 6.45) is 7.08. The fourth-order valence-corrected chi connectivity index (χ4v) is 5.41. The number of hydrogen-bond acceptors (Lipinski definition) is 7. The molecule has 0 aliphatic carbocycles. The average Bonchev–Trinajstić information content (AvgIpc) is 3.37. The Morgan fingerprint density at radius 3 is 2.79 bits per heavy atom. The van der Waals surface area contributed by atoms with Crippen LogP contribution in [-0.4, -0.2) is 58.6 Å². The van der Waals surface area contributed by atoms with Crippen LogP contribution in [0.4, 0.5) is 23.0 Å². The molecule has 0 spiro atoms. The number of carbonyl (C=O) groups is 1. The van der Waals surface area contributed by atoms with Crippen LogP contribution in [0.1, 0.15) is 37.0 Å². The van der Waals surface area contributed by atoms with Crippen LogP contribution >= 0.6 is 0 Å². The van der Waals surface area contributed by atoms with E-state index in [2.05, 4.69) is 87.9 Å². The fourth-order valence-electron chi connectivity index (χ4n) is 5.41. The third-order valence-corrected chi connectivity index (χ3v) is 8.10. The van der Waals surface area contributed by atoms with Gasteiger partial charge in [-0.15, -0.1) is 0 Å². The predicted octanol–water partition coefficient (Wildman–Crippen LogP) is 5.87. The minimum atomic E-state index is -0.288. The predicted molar refractivity (Wildman–Crippen MR) is 170 cm³/mol. The molecule has 1 aliphatic rings. The van der Waals surface area contributed by atoms with Crippen LogP contribution in [0.2, 0.25) is 0 Å². The number of nitrogens with one attached hydrogen (secondary N) is 2. The van der Waals surface area contributed by atoms with Gasteiger partial charge in [-0.05, 0) is 70.0 Å². The number of anilines is 4. The first kappa shape index (κ1) is 28.8. The first-order valence-corrected chi connectivity index (χ1v) is 14.3. The molecule has 9 heteroatoms. The molecule has 4 aromatic rings. The standard InChI is InChI=1S/C33H38N8O/c1-7-30(42)36-28-17-27(22(4)16-29(28)40(6)15-14-39(5)21(2)3)37-33-35-19-24(18-34)31(38-33)26-20-41-13-9-11-23-10-8-12-25(26)32(23)41/h7-8,10,12,16-17,19-21H,1,9,11,13-15H2,2-6H3,(H,36,42)(H,35,37,38). The number of amides is 1. The van der Waals surface area contributed by atoms with Crippen molar-refractivity contribution in [3.05, 3.63) is 72.1 Å². The number of carbonyl (C=O) groups excluding carboxylic acids is 1. The molecule has 0 saturated carbocycles. The zero-order valence-electron chi connectivity index (χ0n) is 25.0. The van der Waals surface area contributed by atoms with E-state index in [1.54, 1.807) is 6.20 Å². The molecule has 1 aliphatic heterocycles. The highest BCUT2D eigenvalue weighted by Gasteiger charge is 2.21. The van der Waals surface area contributed by atoms with E-state index in [0.29, 0.717) is 28.9 Å². The number of rotatable bonds is 10. The van der Waals surface area contributed by atoms with Gasteiger partial charge in [0, 0.05) is 55.6 Å². The van der Waals surface area contributed by atoms with E-state index in [1.807, 2.05) is 26.1 Å². The summed E-state index contributed by atoms with van der Waals surface area (Å²) in [5.41, 5.74) is 7.76. The zero-order valence-corrected chi connectivity index (χ0v) is 25.0. The minimum Gasteiger partial charge on any atom is -0.372 e. The van der Waals surface area contributed by atoms with Gasteiger partial charge in [-0.2, -0.15) is 5.26 Å². The summed E-state index contributed by atoms with van der Waals surface area (Å²) in [4.78, 5) is 26.1. The number of para-hydroxylation sites is 1. The highest BCUT2D eigenvalue weighted by Crippen LogP contribution is 2.37. The number of benzene rings is 2. The van der Waals surface area contributed by atoms with Gasteiger partial charge in [-0.3, -0.25) is 4.79 Å². The molecule has 2 aromatic heterocycles. The van der Waals surface area contributed by atoms with Crippen LogP contribution < -0.4 is 15.5 Å². The number of aryl methyl sites for hydroxylation is 3. The van der Waals surface area contributed by atoms with Crippen LogP contribution in [0, 0.1) is 18.3 Å². The van der Waals surface area contributed by atoms with Gasteiger partial charge in [0.15, 0.2) is 0 Å². The highest BCUT2D eigenvalue weighted by atomic mass is 16.1. The Balaban J connectivity index is 1.50. The largest absolute Gasteiger partial charge is 0.372 e. The van der Waals surface area contributed by atoms with Gasteiger partial charge in [-0.25, -0.2) is 9.97 Å². The maximum atomic E-state index is 12.4. The second kappa shape index (κ2) is 12.0. The molecular weight excluding hydrogens is 524 g/mol. The number of aromatic nitrogens is 3. The van der Waals surface area contributed by atoms with E-state index in [9.17, 15) is 10.1 Å². The van der Waals surface area contributed by atoms with Gasteiger partial charge in [0.2, 0.25) is 11.9 Å². The Kier molecular flexibility index (Phi) is 8.27. The monoisotopic (exact) mass is 562 g/mol. The Morgan fingerprint density at radius 2 is 2.05 bits per heavy atom. The summed E-state index contributed by atoms with van der Waals surface area (Å²) in [5, 5.41) is 17.3. The van der Waals surface area contributed by atoms with Gasteiger partial charge < -0.3 is 25.0 Å². The van der Waals surface area contributed by atoms with E-state index in [1.165, 1.54) is 17.2 Å². The van der Waals surface area contributed by atoms with Crippen LogP contribution in [0.25, 0.3) is 22.2 Å². The minimum absolute atomic E-state index is 0.288. The molecule has 42 heavy (non-hydrogen) atoms. The Labute approximate surface area is 247 Å². The lowest BCUT2D eigenvalue weighted by atomic mass is 10.0. The molecule has 216 valence electrons. The number of nitriles is 1. The second-order valence-electron chi connectivity index (χ2n) is 11.2. The summed E-state index contributed by atoms with van der Waals surface area (Å²) in [6, 6.07) is 13.0. The van der Waals surface area contributed by atoms with Crippen molar-refractivity contribution in [1.82, 2.24) is 19.4 Å². The smallest absolute Gasteiger partial charge is 0.247 e. The van der Waals surface area contributed by atoms with Crippen LogP contribution in [0.15, 0.2) is 55.4 Å². The van der Waals surface area contributed by atoms with Crippen LogP contribution in [-0.2, 0) is 17.8 Å².